The van der Waals surface area contributed by atoms with Gasteiger partial charge in [0.15, 0.2) is 0 Å². The van der Waals surface area contributed by atoms with E-state index in [0.29, 0.717) is 0 Å². The fourth-order valence-electron chi connectivity index (χ4n) is 12.3. The summed E-state index contributed by atoms with van der Waals surface area (Å²) in [4.78, 5) is 2.40. The highest BCUT2D eigenvalue weighted by Gasteiger charge is 2.46. The molecule has 0 atom stereocenters. The fourth-order valence-corrected chi connectivity index (χ4v) is 12.3. The number of hydrogen-bond donors (Lipinski definition) is 0. The summed E-state index contributed by atoms with van der Waals surface area (Å²) in [5.41, 5.74) is 22.9. The van der Waals surface area contributed by atoms with Gasteiger partial charge in [0.05, 0.1) is 5.41 Å². The van der Waals surface area contributed by atoms with Crippen molar-refractivity contribution in [2.45, 2.75) is 5.41 Å². The Morgan fingerprint density at radius 3 is 1.12 bits per heavy atom. The Morgan fingerprint density at radius 1 is 0.250 bits per heavy atom. The van der Waals surface area contributed by atoms with Crippen LogP contribution in [0.15, 0.2) is 294 Å². The quantitative estimate of drug-likeness (QED) is 0.144. The normalized spacial score (nSPS) is 12.6. The van der Waals surface area contributed by atoms with Crippen LogP contribution in [0.3, 0.4) is 0 Å². The van der Waals surface area contributed by atoms with Gasteiger partial charge in [-0.15, -0.1) is 0 Å². The minimum Gasteiger partial charge on any atom is -0.455 e. The second-order valence-electron chi connectivity index (χ2n) is 19.9. The molecule has 0 saturated heterocycles. The van der Waals surface area contributed by atoms with E-state index in [0.717, 1.165) is 105 Å². The summed E-state index contributed by atoms with van der Waals surface area (Å²) < 4.78 is 12.8. The lowest BCUT2D eigenvalue weighted by atomic mass is 9.68. The van der Waals surface area contributed by atoms with E-state index in [-0.39, 0.29) is 0 Å². The molecule has 0 bridgehead atoms. The molecule has 0 amide bonds. The fraction of sp³-hybridized carbons (Fsp3) is 0.0137. The second-order valence-corrected chi connectivity index (χ2v) is 19.9. The van der Waals surface area contributed by atoms with E-state index < -0.39 is 5.41 Å². The van der Waals surface area contributed by atoms with Crippen molar-refractivity contribution in [3.05, 3.63) is 307 Å². The smallest absolute Gasteiger partial charge is 0.143 e. The lowest BCUT2D eigenvalue weighted by Crippen LogP contribution is -2.28. The number of anilines is 3. The molecule has 0 aliphatic heterocycles. The van der Waals surface area contributed by atoms with Gasteiger partial charge in [-0.05, 0) is 115 Å². The predicted molar refractivity (Wildman–Crippen MR) is 315 cm³/mol. The number of furan rings is 2. The Labute approximate surface area is 440 Å². The summed E-state index contributed by atoms with van der Waals surface area (Å²) >= 11 is 0. The number of fused-ring (bicyclic) bond motifs is 9. The molecule has 2 aromatic heterocycles. The number of hydrogen-bond acceptors (Lipinski definition) is 3. The first-order valence-corrected chi connectivity index (χ1v) is 26.1. The van der Waals surface area contributed by atoms with Gasteiger partial charge < -0.3 is 13.7 Å². The molecule has 2 heterocycles. The number of nitrogens with zero attached hydrogens (tertiary/aromatic N) is 1. The summed E-state index contributed by atoms with van der Waals surface area (Å²) in [5, 5.41) is 4.54. The van der Waals surface area contributed by atoms with Crippen LogP contribution in [0.4, 0.5) is 17.1 Å². The van der Waals surface area contributed by atoms with E-state index in [9.17, 15) is 0 Å². The van der Waals surface area contributed by atoms with Crippen molar-refractivity contribution >= 4 is 60.9 Å². The summed E-state index contributed by atoms with van der Waals surface area (Å²) in [7, 11) is 0. The number of rotatable bonds is 9. The van der Waals surface area contributed by atoms with Crippen LogP contribution in [-0.4, -0.2) is 0 Å². The topological polar surface area (TPSA) is 29.5 Å². The van der Waals surface area contributed by atoms with Crippen molar-refractivity contribution in [2.24, 2.45) is 0 Å². The van der Waals surface area contributed by atoms with Crippen molar-refractivity contribution in [1.82, 2.24) is 0 Å². The third-order valence-electron chi connectivity index (χ3n) is 15.8. The molecule has 0 N–H and O–H groups in total. The largest absolute Gasteiger partial charge is 0.455 e. The Balaban J connectivity index is 0.812. The Hall–Kier alpha value is -9.96. The lowest BCUT2D eigenvalue weighted by Gasteiger charge is -2.34. The lowest BCUT2D eigenvalue weighted by molar-refractivity contribution is 0.669. The van der Waals surface area contributed by atoms with Gasteiger partial charge in [0.1, 0.15) is 22.3 Å². The minimum absolute atomic E-state index is 0.483. The highest BCUT2D eigenvalue weighted by molar-refractivity contribution is 6.10. The van der Waals surface area contributed by atoms with Crippen molar-refractivity contribution in [2.75, 3.05) is 4.90 Å². The minimum atomic E-state index is -0.483. The first-order valence-electron chi connectivity index (χ1n) is 26.1. The highest BCUT2D eigenvalue weighted by Crippen LogP contribution is 2.57. The third kappa shape index (κ3) is 6.90. The summed E-state index contributed by atoms with van der Waals surface area (Å²) in [6.45, 7) is 0. The average Bonchev–Trinajstić information content (AvgIpc) is 4.21. The van der Waals surface area contributed by atoms with Gasteiger partial charge in [-0.2, -0.15) is 0 Å². The third-order valence-corrected chi connectivity index (χ3v) is 15.8. The molecule has 14 aromatic rings. The highest BCUT2D eigenvalue weighted by atomic mass is 16.3. The van der Waals surface area contributed by atoms with Crippen molar-refractivity contribution < 1.29 is 8.83 Å². The van der Waals surface area contributed by atoms with Gasteiger partial charge >= 0.3 is 0 Å². The van der Waals surface area contributed by atoms with Crippen LogP contribution < -0.4 is 4.90 Å². The monoisotopic (exact) mass is 969 g/mol. The summed E-state index contributed by atoms with van der Waals surface area (Å²) in [6.07, 6.45) is 0. The molecule has 356 valence electrons. The van der Waals surface area contributed by atoms with E-state index >= 15 is 0 Å². The molecule has 0 radical (unpaired) electrons. The van der Waals surface area contributed by atoms with Gasteiger partial charge in [0, 0.05) is 49.7 Å². The van der Waals surface area contributed by atoms with Gasteiger partial charge in [-0.1, -0.05) is 237 Å². The molecular weight excluding hydrogens is 923 g/mol. The average molecular weight is 970 g/mol. The summed E-state index contributed by atoms with van der Waals surface area (Å²) in [5.74, 6) is 0. The molecule has 3 nitrogen and oxygen atoms in total. The van der Waals surface area contributed by atoms with E-state index in [1.807, 2.05) is 24.3 Å². The van der Waals surface area contributed by atoms with Crippen LogP contribution in [-0.2, 0) is 5.41 Å². The SMILES string of the molecule is c1ccc(C2(c3ccccc3)c3ccccc3-c3cc(N(c4ccc(-c5ccc(-c6cccc7c6oc6ccccc67)cc5)cc4)c4ccc(-c5ccc(-c6cccc7c6oc6ccccc67)cc5)cc4)ccc32)cc1. The van der Waals surface area contributed by atoms with Crippen LogP contribution in [0, 0.1) is 0 Å². The molecule has 0 saturated carbocycles. The molecule has 76 heavy (non-hydrogen) atoms. The number of para-hydroxylation sites is 4. The zero-order valence-electron chi connectivity index (χ0n) is 41.4. The van der Waals surface area contributed by atoms with E-state index in [1.165, 1.54) is 33.4 Å². The molecule has 0 spiro atoms. The van der Waals surface area contributed by atoms with Crippen LogP contribution in [0.5, 0.6) is 0 Å². The number of benzene rings is 12. The zero-order chi connectivity index (χ0) is 50.2. The summed E-state index contributed by atoms with van der Waals surface area (Å²) in [6, 6.07) is 103. The molecule has 0 unspecified atom stereocenters. The zero-order valence-corrected chi connectivity index (χ0v) is 41.4. The van der Waals surface area contributed by atoms with E-state index in [1.54, 1.807) is 0 Å². The van der Waals surface area contributed by atoms with Crippen LogP contribution >= 0.6 is 0 Å². The molecule has 12 aromatic carbocycles. The van der Waals surface area contributed by atoms with Gasteiger partial charge in [0.25, 0.3) is 0 Å². The van der Waals surface area contributed by atoms with Crippen molar-refractivity contribution in [3.8, 4) is 55.6 Å². The molecule has 1 aliphatic rings. The van der Waals surface area contributed by atoms with Crippen molar-refractivity contribution in [3.63, 3.8) is 0 Å². The standard InChI is InChI=1S/C73H47NO2/c1-3-15-54(16-4-1)73(55-17-5-2-6-18-55)67-26-10-7-19-61(67)66-47-58(45-46-68(66)73)74(56-41-37-50(38-42-56)48-29-33-52(34-30-48)59-22-13-24-64-62-20-8-11-27-69(62)75-71(59)64)57-43-39-51(40-44-57)49-31-35-53(36-32-49)60-23-14-25-65-63-21-9-12-28-70(63)76-72(60)65/h1-47H. The van der Waals surface area contributed by atoms with Crippen LogP contribution in [0.1, 0.15) is 22.3 Å². The first-order chi connectivity index (χ1) is 37.7. The Kier molecular flexibility index (Phi) is 10.1. The van der Waals surface area contributed by atoms with E-state index in [2.05, 4.69) is 266 Å². The first kappa shape index (κ1) is 43.6. The van der Waals surface area contributed by atoms with Gasteiger partial charge in [-0.25, -0.2) is 0 Å². The Bertz CT molecular complexity index is 4230. The second kappa shape index (κ2) is 17.6. The molecule has 3 heteroatoms. The predicted octanol–water partition coefficient (Wildman–Crippen LogP) is 20.0. The van der Waals surface area contributed by atoms with E-state index in [4.69, 9.17) is 8.83 Å². The molecule has 0 fully saturated rings. The molecule has 15 rings (SSSR count). The maximum absolute atomic E-state index is 6.41. The molecule has 1 aliphatic carbocycles. The molecular formula is C73H47NO2. The maximum Gasteiger partial charge on any atom is 0.143 e. The van der Waals surface area contributed by atoms with Gasteiger partial charge in [0.2, 0.25) is 0 Å². The van der Waals surface area contributed by atoms with Crippen molar-refractivity contribution in [1.29, 1.82) is 0 Å². The maximum atomic E-state index is 6.41. The van der Waals surface area contributed by atoms with Crippen LogP contribution in [0.25, 0.3) is 99.5 Å². The van der Waals surface area contributed by atoms with Crippen LogP contribution in [0.2, 0.25) is 0 Å². The Morgan fingerprint density at radius 2 is 0.618 bits per heavy atom. The van der Waals surface area contributed by atoms with Gasteiger partial charge in [-0.3, -0.25) is 0 Å².